The molecule has 0 bridgehead atoms. The lowest BCUT2D eigenvalue weighted by Gasteiger charge is -2.53. The van der Waals surface area contributed by atoms with Gasteiger partial charge in [-0.1, -0.05) is 69.7 Å². The van der Waals surface area contributed by atoms with Crippen molar-refractivity contribution in [3.63, 3.8) is 0 Å². The minimum atomic E-state index is -5.44. The fourth-order valence-electron chi connectivity index (χ4n) is 8.49. The van der Waals surface area contributed by atoms with E-state index in [2.05, 4.69) is 43.1 Å². The topological polar surface area (TPSA) is 3.24 Å². The van der Waals surface area contributed by atoms with Gasteiger partial charge in [0.1, 0.15) is 6.17 Å². The lowest BCUT2D eigenvalue weighted by molar-refractivity contribution is -0.284. The quantitative estimate of drug-likeness (QED) is 0.158. The third-order valence-electron chi connectivity index (χ3n) is 10.6. The van der Waals surface area contributed by atoms with Crippen LogP contribution in [0.25, 0.3) is 0 Å². The van der Waals surface area contributed by atoms with Gasteiger partial charge in [0.05, 0.1) is 0 Å². The highest BCUT2D eigenvalue weighted by Crippen LogP contribution is 2.63. The van der Waals surface area contributed by atoms with Crippen molar-refractivity contribution in [2.45, 2.75) is 127 Å². The van der Waals surface area contributed by atoms with Crippen LogP contribution in [-0.4, -0.2) is 43.3 Å². The number of unbranched alkanes of at least 4 members (excludes halogenated alkanes) is 6. The smallest absolute Gasteiger partial charge is 0.306 e. The number of benzene rings is 1. The van der Waals surface area contributed by atoms with E-state index in [0.29, 0.717) is 30.6 Å². The van der Waals surface area contributed by atoms with Crippen molar-refractivity contribution in [1.29, 1.82) is 0 Å². The fraction of sp³-hybridized carbons (Fsp3) is 0.818. The zero-order valence-electron chi connectivity index (χ0n) is 24.4. The maximum atomic E-state index is 15.8. The summed E-state index contributed by atoms with van der Waals surface area (Å²) in [4.78, 5) is 2.30. The molecule has 0 amide bonds. The molecule has 0 heterocycles. The number of rotatable bonds is 14. The lowest BCUT2D eigenvalue weighted by atomic mass is 9.52. The molecule has 1 nitrogen and oxygen atoms in total. The minimum Gasteiger partial charge on any atom is -0.306 e. The van der Waals surface area contributed by atoms with Gasteiger partial charge in [-0.25, -0.2) is 4.39 Å². The van der Waals surface area contributed by atoms with Gasteiger partial charge in [0, 0.05) is 12.3 Å². The van der Waals surface area contributed by atoms with Crippen LogP contribution in [-0.2, 0) is 6.42 Å². The van der Waals surface area contributed by atoms with Crippen molar-refractivity contribution in [2.75, 3.05) is 20.1 Å². The normalized spacial score (nSPS) is 30.3. The minimum absolute atomic E-state index is 0.0680. The van der Waals surface area contributed by atoms with Crippen molar-refractivity contribution in [2.24, 2.45) is 23.2 Å². The fourth-order valence-corrected chi connectivity index (χ4v) is 8.49. The maximum absolute atomic E-state index is 15.8. The molecule has 4 rings (SSSR count). The molecule has 7 heteroatoms. The summed E-state index contributed by atoms with van der Waals surface area (Å²) in [6.45, 7) is 4.28. The van der Waals surface area contributed by atoms with Gasteiger partial charge in [0.2, 0.25) is 0 Å². The maximum Gasteiger partial charge on any atom is 0.453 e. The predicted molar refractivity (Wildman–Crippen MR) is 149 cm³/mol. The summed E-state index contributed by atoms with van der Waals surface area (Å²) >= 11 is 0. The molecule has 0 aliphatic heterocycles. The number of hydrogen-bond acceptors (Lipinski definition) is 1. The number of alkyl halides is 6. The van der Waals surface area contributed by atoms with Crippen LogP contribution in [0.4, 0.5) is 26.3 Å². The third kappa shape index (κ3) is 7.39. The van der Waals surface area contributed by atoms with Crippen LogP contribution in [0.5, 0.6) is 0 Å². The van der Waals surface area contributed by atoms with Gasteiger partial charge in [-0.2, -0.15) is 22.0 Å². The summed E-state index contributed by atoms with van der Waals surface area (Å²) in [7, 11) is 2.09. The first-order valence-electron chi connectivity index (χ1n) is 15.8. The van der Waals surface area contributed by atoms with Crippen molar-refractivity contribution in [3.05, 3.63) is 35.4 Å². The first-order chi connectivity index (χ1) is 18.9. The lowest BCUT2D eigenvalue weighted by Crippen LogP contribution is -2.48. The van der Waals surface area contributed by atoms with Crippen LogP contribution < -0.4 is 0 Å². The molecule has 6 atom stereocenters. The Kier molecular flexibility index (Phi) is 10.6. The molecule has 0 saturated heterocycles. The SMILES string of the molecule is CN(CCCCCCCC(F)(F)C(F)(F)F)CCCCC[C@@H]1Cc2ccccc2[C@@H]2[C@@H]1[C@@H]1CCC[C@@]1(C)C[C@@H]2F. The second-order valence-corrected chi connectivity index (χ2v) is 13.5. The molecular formula is C33H49F6N. The molecule has 1 aromatic carbocycles. The molecule has 228 valence electrons. The largest absolute Gasteiger partial charge is 0.453 e. The Bertz CT molecular complexity index is 932. The Morgan fingerprint density at radius 2 is 1.55 bits per heavy atom. The van der Waals surface area contributed by atoms with E-state index in [4.69, 9.17) is 0 Å². The van der Waals surface area contributed by atoms with Gasteiger partial charge < -0.3 is 4.90 Å². The monoisotopic (exact) mass is 573 g/mol. The Morgan fingerprint density at radius 1 is 0.900 bits per heavy atom. The van der Waals surface area contributed by atoms with Gasteiger partial charge in [0.15, 0.2) is 0 Å². The Hall–Kier alpha value is -1.24. The van der Waals surface area contributed by atoms with E-state index in [1.165, 1.54) is 43.2 Å². The van der Waals surface area contributed by atoms with Gasteiger partial charge in [-0.15, -0.1) is 0 Å². The molecule has 0 spiro atoms. The van der Waals surface area contributed by atoms with Crippen molar-refractivity contribution < 1.29 is 26.3 Å². The number of fused-ring (bicyclic) bond motifs is 5. The summed E-state index contributed by atoms with van der Waals surface area (Å²) in [6, 6.07) is 8.60. The van der Waals surface area contributed by atoms with E-state index in [1.807, 2.05) is 0 Å². The van der Waals surface area contributed by atoms with E-state index in [1.54, 1.807) is 0 Å². The molecule has 2 saturated carbocycles. The molecule has 2 fully saturated rings. The van der Waals surface area contributed by atoms with E-state index in [0.717, 1.165) is 51.6 Å². The molecule has 0 N–H and O–H groups in total. The summed E-state index contributed by atoms with van der Waals surface area (Å²) in [5.41, 5.74) is 2.82. The van der Waals surface area contributed by atoms with E-state index in [-0.39, 0.29) is 17.8 Å². The van der Waals surface area contributed by atoms with Gasteiger partial charge in [-0.05, 0) is 106 Å². The van der Waals surface area contributed by atoms with Crippen LogP contribution in [0.2, 0.25) is 0 Å². The zero-order valence-corrected chi connectivity index (χ0v) is 24.4. The Morgan fingerprint density at radius 3 is 2.27 bits per heavy atom. The first kappa shape index (κ1) is 31.7. The summed E-state index contributed by atoms with van der Waals surface area (Å²) in [5.74, 6) is -2.82. The molecule has 1 aromatic rings. The third-order valence-corrected chi connectivity index (χ3v) is 10.6. The highest BCUT2D eigenvalue weighted by Gasteiger charge is 2.57. The summed E-state index contributed by atoms with van der Waals surface area (Å²) in [5, 5.41) is 0. The highest BCUT2D eigenvalue weighted by atomic mass is 19.4. The van der Waals surface area contributed by atoms with Crippen LogP contribution in [0.1, 0.15) is 114 Å². The van der Waals surface area contributed by atoms with E-state index >= 15 is 4.39 Å². The molecule has 40 heavy (non-hydrogen) atoms. The van der Waals surface area contributed by atoms with Crippen LogP contribution in [0, 0.1) is 23.2 Å². The van der Waals surface area contributed by atoms with Crippen molar-refractivity contribution in [3.8, 4) is 0 Å². The number of nitrogens with zero attached hydrogens (tertiary/aromatic N) is 1. The predicted octanol–water partition coefficient (Wildman–Crippen LogP) is 10.1. The van der Waals surface area contributed by atoms with Gasteiger partial charge >= 0.3 is 12.1 Å². The molecule has 3 aliphatic rings. The van der Waals surface area contributed by atoms with Crippen LogP contribution in [0.3, 0.4) is 0 Å². The standard InChI is InChI=1S/C33H49F6N/c1-31-18-13-17-27(31)29-25(22-24-14-8-9-16-26(24)30(29)28(34)23-31)15-7-6-12-21-40(2)20-11-5-3-4-10-19-32(35,36)33(37,38)39/h8-9,14,16,25,27-30H,3-7,10-13,15,17-23H2,1-2H3/t25-,27+,28+,29+,30+,31+/m1/s1. The van der Waals surface area contributed by atoms with Gasteiger partial charge in [0.25, 0.3) is 0 Å². The van der Waals surface area contributed by atoms with Crippen LogP contribution in [0.15, 0.2) is 24.3 Å². The summed E-state index contributed by atoms with van der Waals surface area (Å²) < 4.78 is 78.4. The highest BCUT2D eigenvalue weighted by molar-refractivity contribution is 5.36. The molecular weight excluding hydrogens is 524 g/mol. The molecule has 3 aliphatic carbocycles. The van der Waals surface area contributed by atoms with Crippen molar-refractivity contribution in [1.82, 2.24) is 4.90 Å². The number of hydrogen-bond donors (Lipinski definition) is 0. The Balaban J connectivity index is 1.15. The zero-order chi connectivity index (χ0) is 29.0. The van der Waals surface area contributed by atoms with Gasteiger partial charge in [-0.3, -0.25) is 0 Å². The van der Waals surface area contributed by atoms with E-state index in [9.17, 15) is 22.0 Å². The molecule has 0 aromatic heterocycles. The second kappa shape index (κ2) is 13.4. The van der Waals surface area contributed by atoms with E-state index < -0.39 is 24.7 Å². The molecule has 0 radical (unpaired) electrons. The average Bonchev–Trinajstić information content (AvgIpc) is 3.27. The second-order valence-electron chi connectivity index (χ2n) is 13.5. The average molecular weight is 574 g/mol. The molecule has 0 unspecified atom stereocenters. The number of halogens is 6. The van der Waals surface area contributed by atoms with Crippen molar-refractivity contribution >= 4 is 0 Å². The summed E-state index contributed by atoms with van der Waals surface area (Å²) in [6.07, 6.45) is 5.61. The Labute approximate surface area is 237 Å². The van der Waals surface area contributed by atoms with Crippen LogP contribution >= 0.6 is 0 Å². The first-order valence-corrected chi connectivity index (χ1v) is 15.8.